The van der Waals surface area contributed by atoms with Crippen LogP contribution in [0.1, 0.15) is 13.3 Å². The predicted octanol–water partition coefficient (Wildman–Crippen LogP) is -0.159. The molecule has 4 heteroatoms. The molecule has 1 amide bonds. The third kappa shape index (κ3) is 1.35. The van der Waals surface area contributed by atoms with Gasteiger partial charge in [0.1, 0.15) is 0 Å². The minimum Gasteiger partial charge on any atom is -0.394 e. The first-order valence-electron chi connectivity index (χ1n) is 3.76. The van der Waals surface area contributed by atoms with E-state index < -0.39 is 12.1 Å². The van der Waals surface area contributed by atoms with Gasteiger partial charge in [-0.25, -0.2) is 4.39 Å². The number of hydrogen-bond donors (Lipinski definition) is 2. The van der Waals surface area contributed by atoms with Crippen molar-refractivity contribution < 1.29 is 14.3 Å². The van der Waals surface area contributed by atoms with Gasteiger partial charge in [-0.2, -0.15) is 0 Å². The van der Waals surface area contributed by atoms with Gasteiger partial charge < -0.3 is 10.4 Å². The second-order valence-electron chi connectivity index (χ2n) is 2.77. The van der Waals surface area contributed by atoms with Crippen molar-refractivity contribution in [2.45, 2.75) is 25.6 Å². The Morgan fingerprint density at radius 1 is 1.73 bits per heavy atom. The lowest BCUT2D eigenvalue weighted by atomic mass is 9.97. The van der Waals surface area contributed by atoms with Crippen molar-refractivity contribution >= 4 is 5.91 Å². The van der Waals surface area contributed by atoms with Crippen molar-refractivity contribution in [2.24, 2.45) is 5.92 Å². The smallest absolute Gasteiger partial charge is 0.255 e. The standard InChI is InChI=1S/C7H12FNO2/c1-2-4-5(3-10)9-7(11)6(4)8/h4-6,10H,2-3H2,1H3,(H,9,11)/t4?,5-,6+/m1/s1. The van der Waals surface area contributed by atoms with Crippen LogP contribution < -0.4 is 5.32 Å². The maximum absolute atomic E-state index is 12.9. The molecule has 1 fully saturated rings. The Kier molecular flexibility index (Phi) is 2.44. The number of carbonyl (C=O) groups is 1. The van der Waals surface area contributed by atoms with Crippen LogP contribution in [-0.2, 0) is 4.79 Å². The van der Waals surface area contributed by atoms with Gasteiger partial charge in [0.2, 0.25) is 0 Å². The summed E-state index contributed by atoms with van der Waals surface area (Å²) in [5.74, 6) is -0.941. The summed E-state index contributed by atoms with van der Waals surface area (Å²) in [5, 5.41) is 11.1. The van der Waals surface area contributed by atoms with Crippen molar-refractivity contribution in [3.8, 4) is 0 Å². The summed E-state index contributed by atoms with van der Waals surface area (Å²) in [6.07, 6.45) is -0.859. The number of halogens is 1. The number of rotatable bonds is 2. The summed E-state index contributed by atoms with van der Waals surface area (Å²) in [6.45, 7) is 1.63. The number of carbonyl (C=O) groups excluding carboxylic acids is 1. The van der Waals surface area contributed by atoms with E-state index >= 15 is 0 Å². The molecule has 0 saturated carbocycles. The van der Waals surface area contributed by atoms with E-state index in [9.17, 15) is 9.18 Å². The van der Waals surface area contributed by atoms with Crippen LogP contribution >= 0.6 is 0 Å². The number of nitrogens with one attached hydrogen (secondary N) is 1. The Labute approximate surface area is 64.6 Å². The molecule has 0 aromatic heterocycles. The Bertz CT molecular complexity index is 163. The fourth-order valence-corrected chi connectivity index (χ4v) is 1.44. The largest absolute Gasteiger partial charge is 0.394 e. The third-order valence-electron chi connectivity index (χ3n) is 2.14. The number of aliphatic hydroxyl groups is 1. The molecule has 2 N–H and O–H groups in total. The molecule has 0 radical (unpaired) electrons. The van der Waals surface area contributed by atoms with Crippen LogP contribution in [0.5, 0.6) is 0 Å². The SMILES string of the molecule is CCC1[C@H](F)C(=O)N[C@@H]1CO. The highest BCUT2D eigenvalue weighted by Gasteiger charge is 2.40. The molecule has 3 nitrogen and oxygen atoms in total. The third-order valence-corrected chi connectivity index (χ3v) is 2.14. The van der Waals surface area contributed by atoms with E-state index in [1.165, 1.54) is 0 Å². The minimum absolute atomic E-state index is 0.176. The lowest BCUT2D eigenvalue weighted by molar-refractivity contribution is -0.123. The first-order valence-corrected chi connectivity index (χ1v) is 3.76. The summed E-state index contributed by atoms with van der Waals surface area (Å²) in [7, 11) is 0. The van der Waals surface area contributed by atoms with Crippen molar-refractivity contribution in [1.29, 1.82) is 0 Å². The fourth-order valence-electron chi connectivity index (χ4n) is 1.44. The quantitative estimate of drug-likeness (QED) is 0.591. The fraction of sp³-hybridized carbons (Fsp3) is 0.857. The summed E-state index contributed by atoms with van der Waals surface area (Å²) in [6, 6.07) is -0.387. The number of hydrogen-bond acceptors (Lipinski definition) is 2. The number of amides is 1. The van der Waals surface area contributed by atoms with Crippen molar-refractivity contribution in [1.82, 2.24) is 5.32 Å². The molecule has 11 heavy (non-hydrogen) atoms. The topological polar surface area (TPSA) is 49.3 Å². The zero-order valence-corrected chi connectivity index (χ0v) is 6.38. The number of aliphatic hydroxyl groups excluding tert-OH is 1. The molecule has 0 aliphatic carbocycles. The van der Waals surface area contributed by atoms with E-state index in [0.717, 1.165) is 0 Å². The average Bonchev–Trinajstić information content (AvgIpc) is 2.28. The highest BCUT2D eigenvalue weighted by atomic mass is 19.1. The predicted molar refractivity (Wildman–Crippen MR) is 37.7 cm³/mol. The maximum Gasteiger partial charge on any atom is 0.255 e. The minimum atomic E-state index is -1.43. The van der Waals surface area contributed by atoms with Crippen LogP contribution in [0, 0.1) is 5.92 Å². The van der Waals surface area contributed by atoms with E-state index in [4.69, 9.17) is 5.11 Å². The molecule has 1 heterocycles. The van der Waals surface area contributed by atoms with Crippen LogP contribution in [0.15, 0.2) is 0 Å². The molecule has 0 spiro atoms. The van der Waals surface area contributed by atoms with Crippen molar-refractivity contribution in [3.63, 3.8) is 0 Å². The Hall–Kier alpha value is -0.640. The molecule has 1 rings (SSSR count). The Morgan fingerprint density at radius 3 is 2.73 bits per heavy atom. The molecule has 0 aromatic carbocycles. The van der Waals surface area contributed by atoms with Crippen LogP contribution in [0.4, 0.5) is 4.39 Å². The summed E-state index contributed by atoms with van der Waals surface area (Å²) in [4.78, 5) is 10.7. The highest BCUT2D eigenvalue weighted by Crippen LogP contribution is 2.22. The van der Waals surface area contributed by atoms with E-state index in [2.05, 4.69) is 5.32 Å². The summed E-state index contributed by atoms with van der Waals surface area (Å²) < 4.78 is 12.9. The molecule has 64 valence electrons. The normalized spacial score (nSPS) is 37.4. The van der Waals surface area contributed by atoms with Gasteiger partial charge in [0.05, 0.1) is 12.6 Å². The van der Waals surface area contributed by atoms with Gasteiger partial charge in [0, 0.05) is 5.92 Å². The first-order chi connectivity index (χ1) is 5.20. The van der Waals surface area contributed by atoms with Crippen molar-refractivity contribution in [2.75, 3.05) is 6.61 Å². The molecular formula is C7H12FNO2. The number of alkyl halides is 1. The van der Waals surface area contributed by atoms with Gasteiger partial charge in [0.25, 0.3) is 5.91 Å². The molecule has 3 atom stereocenters. The Morgan fingerprint density at radius 2 is 2.36 bits per heavy atom. The molecule has 1 unspecified atom stereocenters. The molecule has 1 aliphatic rings. The monoisotopic (exact) mass is 161 g/mol. The lowest BCUT2D eigenvalue weighted by Gasteiger charge is -2.14. The van der Waals surface area contributed by atoms with Crippen LogP contribution in [0.2, 0.25) is 0 Å². The van der Waals surface area contributed by atoms with E-state index in [-0.39, 0.29) is 18.6 Å². The van der Waals surface area contributed by atoms with Crippen LogP contribution in [-0.4, -0.2) is 29.8 Å². The van der Waals surface area contributed by atoms with Gasteiger partial charge in [-0.3, -0.25) is 4.79 Å². The molecule has 0 bridgehead atoms. The van der Waals surface area contributed by atoms with Crippen LogP contribution in [0.3, 0.4) is 0 Å². The average molecular weight is 161 g/mol. The van der Waals surface area contributed by atoms with E-state index in [0.29, 0.717) is 6.42 Å². The van der Waals surface area contributed by atoms with Gasteiger partial charge >= 0.3 is 0 Å². The zero-order chi connectivity index (χ0) is 8.43. The van der Waals surface area contributed by atoms with E-state index in [1.54, 1.807) is 6.92 Å². The van der Waals surface area contributed by atoms with Gasteiger partial charge in [-0.05, 0) is 6.42 Å². The summed E-state index contributed by atoms with van der Waals surface area (Å²) >= 11 is 0. The molecule has 1 aliphatic heterocycles. The second kappa shape index (κ2) is 3.17. The first kappa shape index (κ1) is 8.46. The second-order valence-corrected chi connectivity index (χ2v) is 2.77. The Balaban J connectivity index is 2.64. The van der Waals surface area contributed by atoms with Gasteiger partial charge in [0.15, 0.2) is 6.17 Å². The lowest BCUT2D eigenvalue weighted by Crippen LogP contribution is -2.32. The molecular weight excluding hydrogens is 149 g/mol. The molecule has 1 saturated heterocycles. The maximum atomic E-state index is 12.9. The van der Waals surface area contributed by atoms with Gasteiger partial charge in [-0.15, -0.1) is 0 Å². The highest BCUT2D eigenvalue weighted by molar-refractivity contribution is 5.83. The zero-order valence-electron chi connectivity index (χ0n) is 6.38. The van der Waals surface area contributed by atoms with E-state index in [1.807, 2.05) is 0 Å². The van der Waals surface area contributed by atoms with Gasteiger partial charge in [-0.1, -0.05) is 6.92 Å². The van der Waals surface area contributed by atoms with Crippen LogP contribution in [0.25, 0.3) is 0 Å². The molecule has 0 aromatic rings. The summed E-state index contributed by atoms with van der Waals surface area (Å²) in [5.41, 5.74) is 0. The van der Waals surface area contributed by atoms with Crippen molar-refractivity contribution in [3.05, 3.63) is 0 Å².